The second-order valence-corrected chi connectivity index (χ2v) is 9.84. The van der Waals surface area contributed by atoms with Gasteiger partial charge in [0.2, 0.25) is 10.0 Å². The summed E-state index contributed by atoms with van der Waals surface area (Å²) < 4.78 is 52.7. The van der Waals surface area contributed by atoms with E-state index in [0.717, 1.165) is 11.1 Å². The summed E-state index contributed by atoms with van der Waals surface area (Å²) in [5, 5.41) is 0. The third kappa shape index (κ3) is 3.64. The lowest BCUT2D eigenvalue weighted by atomic mass is 10.1. The molecule has 1 fully saturated rings. The van der Waals surface area contributed by atoms with E-state index in [1.165, 1.54) is 4.31 Å². The molecule has 1 N–H and O–H groups in total. The predicted molar refractivity (Wildman–Crippen MR) is 98.9 cm³/mol. The molecule has 0 spiro atoms. The molecule has 2 aromatic rings. The zero-order chi connectivity index (χ0) is 18.2. The molecule has 0 aromatic heterocycles. The first kappa shape index (κ1) is 17.8. The van der Waals surface area contributed by atoms with Gasteiger partial charge in [-0.25, -0.2) is 16.8 Å². The van der Waals surface area contributed by atoms with Gasteiger partial charge in [0.15, 0.2) is 0 Å². The summed E-state index contributed by atoms with van der Waals surface area (Å²) >= 11 is 0. The van der Waals surface area contributed by atoms with Gasteiger partial charge in [-0.2, -0.15) is 0 Å². The Balaban J connectivity index is 1.82. The van der Waals surface area contributed by atoms with E-state index < -0.39 is 20.0 Å². The quantitative estimate of drug-likeness (QED) is 0.884. The van der Waals surface area contributed by atoms with E-state index in [4.69, 9.17) is 0 Å². The second-order valence-electron chi connectivity index (χ2n) is 6.14. The van der Waals surface area contributed by atoms with Crippen molar-refractivity contribution in [3.8, 4) is 0 Å². The summed E-state index contributed by atoms with van der Waals surface area (Å²) in [4.78, 5) is 0.196. The topological polar surface area (TPSA) is 83.6 Å². The number of nitrogens with zero attached hydrogens (tertiary/aromatic N) is 1. The average molecular weight is 380 g/mol. The maximum absolute atomic E-state index is 12.5. The highest BCUT2D eigenvalue weighted by Crippen LogP contribution is 2.26. The lowest BCUT2D eigenvalue weighted by Crippen LogP contribution is -2.25. The summed E-state index contributed by atoms with van der Waals surface area (Å²) in [5.41, 5.74) is 2.86. The Morgan fingerprint density at radius 3 is 2.24 bits per heavy atom. The Kier molecular flexibility index (Phi) is 4.51. The molecule has 0 amide bonds. The first-order valence-electron chi connectivity index (χ1n) is 7.90. The standard InChI is InChI=1S/C17H20N2O4S2/c1-13-4-9-17(12-14(13)2)25(22,23)18-15-5-7-16(8-6-15)19-10-3-11-24(19,20)21/h4-9,12,18H,3,10-11H2,1-2H3. The van der Waals surface area contributed by atoms with Gasteiger partial charge < -0.3 is 0 Å². The van der Waals surface area contributed by atoms with E-state index in [1.54, 1.807) is 42.5 Å². The van der Waals surface area contributed by atoms with Gasteiger partial charge in [0.1, 0.15) is 0 Å². The Morgan fingerprint density at radius 1 is 1.00 bits per heavy atom. The third-order valence-corrected chi connectivity index (χ3v) is 7.54. The van der Waals surface area contributed by atoms with E-state index in [2.05, 4.69) is 4.72 Å². The Bertz CT molecular complexity index is 997. The van der Waals surface area contributed by atoms with Gasteiger partial charge in [-0.15, -0.1) is 0 Å². The van der Waals surface area contributed by atoms with Gasteiger partial charge in [-0.1, -0.05) is 6.07 Å². The molecule has 0 saturated carbocycles. The molecule has 0 aliphatic carbocycles. The lowest BCUT2D eigenvalue weighted by molar-refractivity contribution is 0.598. The molecule has 1 heterocycles. The predicted octanol–water partition coefficient (Wildman–Crippen LogP) is 2.64. The van der Waals surface area contributed by atoms with Crippen LogP contribution in [0.15, 0.2) is 47.4 Å². The number of hydrogen-bond acceptors (Lipinski definition) is 4. The molecule has 0 unspecified atom stereocenters. The zero-order valence-electron chi connectivity index (χ0n) is 14.1. The van der Waals surface area contributed by atoms with Gasteiger partial charge >= 0.3 is 0 Å². The summed E-state index contributed by atoms with van der Waals surface area (Å²) in [5.74, 6) is 0.147. The van der Waals surface area contributed by atoms with Crippen LogP contribution in [0.1, 0.15) is 17.5 Å². The molecule has 25 heavy (non-hydrogen) atoms. The molecule has 0 atom stereocenters. The molecule has 0 bridgehead atoms. The molecular formula is C17H20N2O4S2. The number of sulfonamides is 2. The minimum absolute atomic E-state index is 0.147. The molecule has 3 rings (SSSR count). The van der Waals surface area contributed by atoms with Crippen LogP contribution in [-0.4, -0.2) is 29.1 Å². The fraction of sp³-hybridized carbons (Fsp3) is 0.294. The maximum atomic E-state index is 12.5. The van der Waals surface area contributed by atoms with Crippen molar-refractivity contribution < 1.29 is 16.8 Å². The normalized spacial score (nSPS) is 16.8. The Morgan fingerprint density at radius 2 is 1.68 bits per heavy atom. The van der Waals surface area contributed by atoms with Crippen LogP contribution in [-0.2, 0) is 20.0 Å². The molecule has 2 aromatic carbocycles. The molecule has 1 saturated heterocycles. The maximum Gasteiger partial charge on any atom is 0.261 e. The highest BCUT2D eigenvalue weighted by Gasteiger charge is 2.28. The van der Waals surface area contributed by atoms with Crippen LogP contribution in [0.5, 0.6) is 0 Å². The summed E-state index contributed by atoms with van der Waals surface area (Å²) in [6.07, 6.45) is 0.601. The minimum atomic E-state index is -3.69. The number of rotatable bonds is 4. The van der Waals surface area contributed by atoms with Crippen molar-refractivity contribution in [2.24, 2.45) is 0 Å². The van der Waals surface area contributed by atoms with Gasteiger partial charge in [0, 0.05) is 12.2 Å². The smallest absolute Gasteiger partial charge is 0.261 e. The van der Waals surface area contributed by atoms with Crippen molar-refractivity contribution >= 4 is 31.4 Å². The lowest BCUT2D eigenvalue weighted by Gasteiger charge is -2.17. The first-order valence-corrected chi connectivity index (χ1v) is 11.0. The summed E-state index contributed by atoms with van der Waals surface area (Å²) in [6.45, 7) is 4.24. The van der Waals surface area contributed by atoms with Crippen LogP contribution >= 0.6 is 0 Å². The van der Waals surface area contributed by atoms with Crippen LogP contribution in [0.3, 0.4) is 0 Å². The Hall–Kier alpha value is -2.06. The highest BCUT2D eigenvalue weighted by molar-refractivity contribution is 7.93. The molecule has 6 nitrogen and oxygen atoms in total. The minimum Gasteiger partial charge on any atom is -0.280 e. The van der Waals surface area contributed by atoms with Crippen molar-refractivity contribution in [2.45, 2.75) is 25.2 Å². The molecule has 0 radical (unpaired) electrons. The zero-order valence-corrected chi connectivity index (χ0v) is 15.7. The second kappa shape index (κ2) is 6.34. The van der Waals surface area contributed by atoms with E-state index in [9.17, 15) is 16.8 Å². The van der Waals surface area contributed by atoms with Crippen molar-refractivity contribution in [2.75, 3.05) is 21.3 Å². The monoisotopic (exact) mass is 380 g/mol. The fourth-order valence-electron chi connectivity index (χ4n) is 2.72. The molecule has 1 aliphatic heterocycles. The molecule has 134 valence electrons. The largest absolute Gasteiger partial charge is 0.280 e. The summed E-state index contributed by atoms with van der Waals surface area (Å²) in [6, 6.07) is 11.3. The van der Waals surface area contributed by atoms with Crippen molar-refractivity contribution in [1.29, 1.82) is 0 Å². The van der Waals surface area contributed by atoms with Crippen molar-refractivity contribution in [3.05, 3.63) is 53.6 Å². The number of benzene rings is 2. The molecule has 1 aliphatic rings. The van der Waals surface area contributed by atoms with Gasteiger partial charge in [0.05, 0.1) is 16.3 Å². The highest BCUT2D eigenvalue weighted by atomic mass is 32.2. The van der Waals surface area contributed by atoms with Crippen LogP contribution in [0.4, 0.5) is 11.4 Å². The van der Waals surface area contributed by atoms with Crippen LogP contribution in [0.2, 0.25) is 0 Å². The third-order valence-electron chi connectivity index (χ3n) is 4.30. The number of nitrogens with one attached hydrogen (secondary N) is 1. The number of anilines is 2. The van der Waals surface area contributed by atoms with Crippen molar-refractivity contribution in [1.82, 2.24) is 0 Å². The van der Waals surface area contributed by atoms with E-state index in [1.807, 2.05) is 13.8 Å². The van der Waals surface area contributed by atoms with E-state index in [0.29, 0.717) is 24.3 Å². The Labute approximate surface area is 148 Å². The van der Waals surface area contributed by atoms with E-state index >= 15 is 0 Å². The molecule has 8 heteroatoms. The summed E-state index contributed by atoms with van der Waals surface area (Å²) in [7, 11) is -6.93. The van der Waals surface area contributed by atoms with Gasteiger partial charge in [-0.05, 0) is 67.8 Å². The van der Waals surface area contributed by atoms with Crippen LogP contribution < -0.4 is 9.03 Å². The van der Waals surface area contributed by atoms with Crippen molar-refractivity contribution in [3.63, 3.8) is 0 Å². The van der Waals surface area contributed by atoms with Crippen LogP contribution in [0.25, 0.3) is 0 Å². The fourth-order valence-corrected chi connectivity index (χ4v) is 5.43. The number of hydrogen-bond donors (Lipinski definition) is 1. The average Bonchev–Trinajstić information content (AvgIpc) is 2.90. The first-order chi connectivity index (χ1) is 11.7. The van der Waals surface area contributed by atoms with E-state index in [-0.39, 0.29) is 10.6 Å². The van der Waals surface area contributed by atoms with Gasteiger partial charge in [0.25, 0.3) is 10.0 Å². The van der Waals surface area contributed by atoms with Crippen LogP contribution in [0, 0.1) is 13.8 Å². The van der Waals surface area contributed by atoms with Gasteiger partial charge in [-0.3, -0.25) is 9.03 Å². The number of aryl methyl sites for hydroxylation is 2. The SMILES string of the molecule is Cc1ccc(S(=O)(=O)Nc2ccc(N3CCCS3(=O)=O)cc2)cc1C. The molecular weight excluding hydrogens is 360 g/mol.